The van der Waals surface area contributed by atoms with Crippen molar-refractivity contribution in [2.75, 3.05) is 32.4 Å². The van der Waals surface area contributed by atoms with Crippen LogP contribution in [0, 0.1) is 5.92 Å². The third-order valence-electron chi connectivity index (χ3n) is 4.44. The monoisotopic (exact) mass is 444 g/mol. The summed E-state index contributed by atoms with van der Waals surface area (Å²) in [7, 11) is -1.23. The Kier molecular flexibility index (Phi) is 8.40. The smallest absolute Gasteiger partial charge is 0.214 e. The van der Waals surface area contributed by atoms with E-state index in [1.807, 2.05) is 0 Å². The van der Waals surface area contributed by atoms with Crippen molar-refractivity contribution >= 4 is 40.0 Å². The average molecular weight is 444 g/mol. The molecule has 2 aliphatic rings. The molecular formula is C14H29IN4O2S. The van der Waals surface area contributed by atoms with Gasteiger partial charge in [0.05, 0.1) is 5.75 Å². The lowest BCUT2D eigenvalue weighted by Crippen LogP contribution is -2.46. The van der Waals surface area contributed by atoms with E-state index in [0.29, 0.717) is 31.4 Å². The van der Waals surface area contributed by atoms with E-state index >= 15 is 0 Å². The van der Waals surface area contributed by atoms with Gasteiger partial charge >= 0.3 is 0 Å². The largest absolute Gasteiger partial charge is 0.355 e. The first-order chi connectivity index (χ1) is 10.0. The number of guanidine groups is 1. The zero-order chi connectivity index (χ0) is 15.3. The van der Waals surface area contributed by atoms with E-state index in [4.69, 9.17) is 0 Å². The number of aliphatic imine (C=N–C) groups is 1. The molecule has 0 unspecified atom stereocenters. The molecule has 1 saturated heterocycles. The summed E-state index contributed by atoms with van der Waals surface area (Å²) in [6.07, 6.45) is 5.64. The highest BCUT2D eigenvalue weighted by Crippen LogP contribution is 2.23. The number of halogens is 1. The van der Waals surface area contributed by atoms with Crippen LogP contribution in [0.4, 0.5) is 0 Å². The van der Waals surface area contributed by atoms with E-state index in [1.54, 1.807) is 11.4 Å². The minimum Gasteiger partial charge on any atom is -0.355 e. The maximum absolute atomic E-state index is 11.7. The average Bonchev–Trinajstić information content (AvgIpc) is 2.79. The van der Waals surface area contributed by atoms with Gasteiger partial charge in [-0.1, -0.05) is 6.92 Å². The lowest BCUT2D eigenvalue weighted by Gasteiger charge is -2.28. The van der Waals surface area contributed by atoms with Crippen molar-refractivity contribution < 1.29 is 8.42 Å². The van der Waals surface area contributed by atoms with E-state index in [-0.39, 0.29) is 24.0 Å². The number of rotatable bonds is 4. The molecule has 2 N–H and O–H groups in total. The molecule has 0 atom stereocenters. The Morgan fingerprint density at radius 1 is 1.27 bits per heavy atom. The first-order valence-corrected chi connectivity index (χ1v) is 9.57. The maximum Gasteiger partial charge on any atom is 0.214 e. The van der Waals surface area contributed by atoms with E-state index in [2.05, 4.69) is 22.5 Å². The Morgan fingerprint density at radius 2 is 1.95 bits per heavy atom. The van der Waals surface area contributed by atoms with Crippen molar-refractivity contribution in [1.29, 1.82) is 0 Å². The molecule has 1 aliphatic carbocycles. The molecule has 0 aromatic rings. The van der Waals surface area contributed by atoms with Crippen LogP contribution in [0.2, 0.25) is 0 Å². The summed E-state index contributed by atoms with van der Waals surface area (Å²) in [5.41, 5.74) is 0. The second-order valence-electron chi connectivity index (χ2n) is 6.17. The molecular weight excluding hydrogens is 415 g/mol. The fraction of sp³-hybridized carbons (Fsp3) is 0.929. The van der Waals surface area contributed by atoms with E-state index in [9.17, 15) is 8.42 Å². The van der Waals surface area contributed by atoms with Crippen molar-refractivity contribution in [2.24, 2.45) is 10.9 Å². The summed E-state index contributed by atoms with van der Waals surface area (Å²) < 4.78 is 25.0. The third-order valence-corrected chi connectivity index (χ3v) is 6.39. The van der Waals surface area contributed by atoms with Crippen molar-refractivity contribution in [1.82, 2.24) is 14.9 Å². The van der Waals surface area contributed by atoms with Gasteiger partial charge in [0, 0.05) is 32.7 Å². The normalized spacial score (nSPS) is 28.9. The fourth-order valence-electron chi connectivity index (χ4n) is 3.03. The Balaban J connectivity index is 0.00000242. The molecule has 0 aromatic heterocycles. The van der Waals surface area contributed by atoms with Crippen LogP contribution in [0.15, 0.2) is 4.99 Å². The van der Waals surface area contributed by atoms with Crippen molar-refractivity contribution in [3.63, 3.8) is 0 Å². The van der Waals surface area contributed by atoms with Gasteiger partial charge in [0.1, 0.15) is 0 Å². The SMILES string of the molecule is CN=C(NCCN1CCCS1(=O)=O)NC1CCC(C)CC1.I. The molecule has 0 amide bonds. The lowest BCUT2D eigenvalue weighted by molar-refractivity contribution is 0.329. The molecule has 0 radical (unpaired) electrons. The number of hydrogen-bond acceptors (Lipinski definition) is 3. The maximum atomic E-state index is 11.7. The number of nitrogens with zero attached hydrogens (tertiary/aromatic N) is 2. The van der Waals surface area contributed by atoms with Gasteiger partial charge in [-0.15, -0.1) is 24.0 Å². The summed E-state index contributed by atoms with van der Waals surface area (Å²) >= 11 is 0. The molecule has 1 saturated carbocycles. The molecule has 8 heteroatoms. The van der Waals surface area contributed by atoms with Gasteiger partial charge in [0.2, 0.25) is 10.0 Å². The summed E-state index contributed by atoms with van der Waals surface area (Å²) in [6, 6.07) is 0.489. The van der Waals surface area contributed by atoms with Crippen molar-refractivity contribution in [2.45, 2.75) is 45.1 Å². The number of hydrogen-bond donors (Lipinski definition) is 2. The van der Waals surface area contributed by atoms with Crippen molar-refractivity contribution in [3.8, 4) is 0 Å². The van der Waals surface area contributed by atoms with Crippen LogP contribution in [0.3, 0.4) is 0 Å². The Labute approximate surface area is 151 Å². The molecule has 1 heterocycles. The topological polar surface area (TPSA) is 73.8 Å². The minimum atomic E-state index is -2.99. The van der Waals surface area contributed by atoms with Crippen LogP contribution < -0.4 is 10.6 Å². The highest BCUT2D eigenvalue weighted by Gasteiger charge is 2.27. The fourth-order valence-corrected chi connectivity index (χ4v) is 4.56. The zero-order valence-electron chi connectivity index (χ0n) is 13.5. The number of nitrogens with one attached hydrogen (secondary N) is 2. The Morgan fingerprint density at radius 3 is 2.50 bits per heavy atom. The highest BCUT2D eigenvalue weighted by molar-refractivity contribution is 14.0. The first kappa shape index (κ1) is 20.0. The molecule has 130 valence electrons. The Bertz CT molecular complexity index is 461. The predicted molar refractivity (Wildman–Crippen MR) is 101 cm³/mol. The quantitative estimate of drug-likeness (QED) is 0.391. The van der Waals surface area contributed by atoms with Gasteiger partial charge in [0.25, 0.3) is 0 Å². The predicted octanol–water partition coefficient (Wildman–Crippen LogP) is 1.38. The van der Waals surface area contributed by atoms with Crippen LogP contribution in [-0.4, -0.2) is 57.2 Å². The summed E-state index contributed by atoms with van der Waals surface area (Å²) in [5, 5.41) is 6.67. The molecule has 0 bridgehead atoms. The van der Waals surface area contributed by atoms with Crippen LogP contribution in [0.5, 0.6) is 0 Å². The third kappa shape index (κ3) is 5.84. The molecule has 22 heavy (non-hydrogen) atoms. The van der Waals surface area contributed by atoms with Gasteiger partial charge in [-0.2, -0.15) is 0 Å². The lowest BCUT2D eigenvalue weighted by atomic mass is 9.87. The van der Waals surface area contributed by atoms with Crippen LogP contribution in [-0.2, 0) is 10.0 Å². The molecule has 2 fully saturated rings. The van der Waals surface area contributed by atoms with Crippen LogP contribution >= 0.6 is 24.0 Å². The van der Waals surface area contributed by atoms with Gasteiger partial charge in [0.15, 0.2) is 5.96 Å². The molecule has 6 nitrogen and oxygen atoms in total. The van der Waals surface area contributed by atoms with Crippen molar-refractivity contribution in [3.05, 3.63) is 0 Å². The molecule has 0 aromatic carbocycles. The molecule has 1 aliphatic heterocycles. The van der Waals surface area contributed by atoms with Gasteiger partial charge < -0.3 is 10.6 Å². The molecule has 0 spiro atoms. The first-order valence-electron chi connectivity index (χ1n) is 7.96. The summed E-state index contributed by atoms with van der Waals surface area (Å²) in [5.74, 6) is 1.91. The minimum absolute atomic E-state index is 0. The summed E-state index contributed by atoms with van der Waals surface area (Å²) in [6.45, 7) is 4.07. The second kappa shape index (κ2) is 9.27. The second-order valence-corrected chi connectivity index (χ2v) is 8.26. The van der Waals surface area contributed by atoms with E-state index < -0.39 is 10.0 Å². The van der Waals surface area contributed by atoms with Crippen LogP contribution in [0.25, 0.3) is 0 Å². The molecule has 2 rings (SSSR count). The van der Waals surface area contributed by atoms with Gasteiger partial charge in [-0.3, -0.25) is 4.99 Å². The Hall–Kier alpha value is -0.0900. The number of sulfonamides is 1. The highest BCUT2D eigenvalue weighted by atomic mass is 127. The zero-order valence-corrected chi connectivity index (χ0v) is 16.7. The summed E-state index contributed by atoms with van der Waals surface area (Å²) in [4.78, 5) is 4.23. The van der Waals surface area contributed by atoms with E-state index in [0.717, 1.165) is 18.3 Å². The van der Waals surface area contributed by atoms with Gasteiger partial charge in [-0.05, 0) is 38.0 Å². The standard InChI is InChI=1S/C14H28N4O2S.HI/c1-12-4-6-13(7-5-12)17-14(15-2)16-8-10-18-9-3-11-21(18,19)20;/h12-13H,3-11H2,1-2H3,(H2,15,16,17);1H. The van der Waals surface area contributed by atoms with Gasteiger partial charge in [-0.25, -0.2) is 12.7 Å². The van der Waals surface area contributed by atoms with Crippen LogP contribution in [0.1, 0.15) is 39.0 Å². The van der Waals surface area contributed by atoms with E-state index in [1.165, 1.54) is 25.7 Å².